The van der Waals surface area contributed by atoms with Crippen LogP contribution in [-0.4, -0.2) is 56.1 Å². The van der Waals surface area contributed by atoms with Crippen LogP contribution in [0.15, 0.2) is 29.3 Å². The van der Waals surface area contributed by atoms with E-state index in [0.717, 1.165) is 44.1 Å². The topological polar surface area (TPSA) is 66.0 Å². The third-order valence-corrected chi connectivity index (χ3v) is 5.71. The number of likely N-dealkylation sites (tertiary alicyclic amines) is 1. The fraction of sp³-hybridized carbons (Fsp3) is 0.619. The molecule has 0 bridgehead atoms. The lowest BCUT2D eigenvalue weighted by atomic mass is 9.88. The lowest BCUT2D eigenvalue weighted by Gasteiger charge is -2.26. The second kappa shape index (κ2) is 10.6. The zero-order chi connectivity index (χ0) is 19.8. The molecule has 0 aromatic heterocycles. The van der Waals surface area contributed by atoms with Gasteiger partial charge in [0.05, 0.1) is 6.54 Å². The number of amides is 1. The van der Waals surface area contributed by atoms with E-state index in [-0.39, 0.29) is 12.0 Å². The number of carbonyl (C=O) groups excluding carboxylic acids is 1. The molecule has 1 unspecified atom stereocenters. The van der Waals surface area contributed by atoms with Crippen LogP contribution >= 0.6 is 11.6 Å². The molecule has 3 rings (SSSR count). The second-order valence-corrected chi connectivity index (χ2v) is 7.99. The van der Waals surface area contributed by atoms with Gasteiger partial charge in [-0.3, -0.25) is 9.79 Å². The van der Waals surface area contributed by atoms with Gasteiger partial charge in [-0.05, 0) is 37.5 Å². The summed E-state index contributed by atoms with van der Waals surface area (Å²) in [7, 11) is 1.76. The van der Waals surface area contributed by atoms with Crippen molar-refractivity contribution >= 4 is 23.5 Å². The lowest BCUT2D eigenvalue weighted by Crippen LogP contribution is -2.46. The number of halogens is 1. The molecule has 1 atom stereocenters. The summed E-state index contributed by atoms with van der Waals surface area (Å²) in [5.41, 5.74) is 0. The van der Waals surface area contributed by atoms with Crippen molar-refractivity contribution in [2.75, 3.05) is 33.3 Å². The monoisotopic (exact) mass is 406 g/mol. The van der Waals surface area contributed by atoms with Crippen molar-refractivity contribution in [3.8, 4) is 5.75 Å². The maximum absolute atomic E-state index is 12.7. The molecule has 154 valence electrons. The number of rotatable bonds is 6. The summed E-state index contributed by atoms with van der Waals surface area (Å²) in [6.07, 6.45) is 6.74. The SMILES string of the molecule is CN=C(NCCOc1cccc(Cl)c1)NC1CCN(C(=O)C2CCCCC2)C1. The number of hydrogen-bond acceptors (Lipinski definition) is 3. The molecule has 1 aliphatic carbocycles. The van der Waals surface area contributed by atoms with Gasteiger partial charge in [-0.1, -0.05) is 36.9 Å². The molecule has 1 saturated carbocycles. The van der Waals surface area contributed by atoms with Crippen molar-refractivity contribution in [2.45, 2.75) is 44.6 Å². The summed E-state index contributed by atoms with van der Waals surface area (Å²) >= 11 is 5.96. The van der Waals surface area contributed by atoms with Crippen LogP contribution in [0.2, 0.25) is 5.02 Å². The van der Waals surface area contributed by atoms with Gasteiger partial charge in [0.15, 0.2) is 5.96 Å². The number of hydrogen-bond donors (Lipinski definition) is 2. The van der Waals surface area contributed by atoms with Crippen LogP contribution in [-0.2, 0) is 4.79 Å². The predicted molar refractivity (Wildman–Crippen MR) is 113 cm³/mol. The molecule has 0 spiro atoms. The van der Waals surface area contributed by atoms with E-state index in [1.54, 1.807) is 13.1 Å². The Morgan fingerprint density at radius 1 is 1.29 bits per heavy atom. The van der Waals surface area contributed by atoms with Gasteiger partial charge in [0.25, 0.3) is 0 Å². The molecular weight excluding hydrogens is 376 g/mol. The second-order valence-electron chi connectivity index (χ2n) is 7.55. The van der Waals surface area contributed by atoms with E-state index < -0.39 is 0 Å². The van der Waals surface area contributed by atoms with Crippen LogP contribution in [0.5, 0.6) is 5.75 Å². The van der Waals surface area contributed by atoms with E-state index in [9.17, 15) is 4.79 Å². The molecule has 1 aliphatic heterocycles. The summed E-state index contributed by atoms with van der Waals surface area (Å²) < 4.78 is 5.68. The Hall–Kier alpha value is -1.95. The van der Waals surface area contributed by atoms with Crippen LogP contribution in [0, 0.1) is 5.92 Å². The summed E-state index contributed by atoms with van der Waals surface area (Å²) in [5.74, 6) is 2.09. The van der Waals surface area contributed by atoms with Crippen LogP contribution < -0.4 is 15.4 Å². The van der Waals surface area contributed by atoms with Crippen molar-refractivity contribution in [1.82, 2.24) is 15.5 Å². The minimum atomic E-state index is 0.243. The molecule has 1 amide bonds. The predicted octanol–water partition coefficient (Wildman–Crippen LogP) is 3.07. The van der Waals surface area contributed by atoms with Gasteiger partial charge in [0.1, 0.15) is 12.4 Å². The molecule has 1 saturated heterocycles. The first kappa shape index (κ1) is 20.8. The van der Waals surface area contributed by atoms with Gasteiger partial charge < -0.3 is 20.3 Å². The quantitative estimate of drug-likeness (QED) is 0.433. The zero-order valence-electron chi connectivity index (χ0n) is 16.6. The molecule has 6 nitrogen and oxygen atoms in total. The molecule has 2 N–H and O–H groups in total. The van der Waals surface area contributed by atoms with E-state index in [2.05, 4.69) is 15.6 Å². The summed E-state index contributed by atoms with van der Waals surface area (Å²) in [4.78, 5) is 19.0. The molecule has 1 heterocycles. The number of aliphatic imine (C=N–C) groups is 1. The Bertz CT molecular complexity index is 676. The average Bonchev–Trinajstić information content (AvgIpc) is 3.19. The fourth-order valence-corrected chi connectivity index (χ4v) is 4.15. The van der Waals surface area contributed by atoms with Crippen LogP contribution in [0.25, 0.3) is 0 Å². The zero-order valence-corrected chi connectivity index (χ0v) is 17.4. The van der Waals surface area contributed by atoms with E-state index in [1.807, 2.05) is 23.1 Å². The van der Waals surface area contributed by atoms with Crippen molar-refractivity contribution in [2.24, 2.45) is 10.9 Å². The Kier molecular flexibility index (Phi) is 7.83. The molecule has 1 aromatic carbocycles. The summed E-state index contributed by atoms with van der Waals surface area (Å²) in [5, 5.41) is 7.36. The first-order chi connectivity index (χ1) is 13.7. The van der Waals surface area contributed by atoms with E-state index in [0.29, 0.717) is 24.1 Å². The normalized spacial score (nSPS) is 20.9. The van der Waals surface area contributed by atoms with Gasteiger partial charge >= 0.3 is 0 Å². The highest BCUT2D eigenvalue weighted by molar-refractivity contribution is 6.30. The largest absolute Gasteiger partial charge is 0.492 e. The molecule has 1 aromatic rings. The molecule has 28 heavy (non-hydrogen) atoms. The molecule has 7 heteroatoms. The lowest BCUT2D eigenvalue weighted by molar-refractivity contribution is -0.135. The third-order valence-electron chi connectivity index (χ3n) is 5.48. The third kappa shape index (κ3) is 6.03. The molecule has 2 fully saturated rings. The summed E-state index contributed by atoms with van der Waals surface area (Å²) in [6, 6.07) is 7.61. The number of benzene rings is 1. The van der Waals surface area contributed by atoms with Gasteiger partial charge in [-0.2, -0.15) is 0 Å². The highest BCUT2D eigenvalue weighted by atomic mass is 35.5. The van der Waals surface area contributed by atoms with Crippen molar-refractivity contribution in [1.29, 1.82) is 0 Å². The highest BCUT2D eigenvalue weighted by Gasteiger charge is 2.31. The average molecular weight is 407 g/mol. The highest BCUT2D eigenvalue weighted by Crippen LogP contribution is 2.26. The van der Waals surface area contributed by atoms with Gasteiger partial charge in [0.2, 0.25) is 5.91 Å². The van der Waals surface area contributed by atoms with Crippen LogP contribution in [0.1, 0.15) is 38.5 Å². The van der Waals surface area contributed by atoms with Crippen molar-refractivity contribution in [3.63, 3.8) is 0 Å². The smallest absolute Gasteiger partial charge is 0.225 e. The van der Waals surface area contributed by atoms with Gasteiger partial charge in [-0.25, -0.2) is 0 Å². The standard InChI is InChI=1S/C21H31ClN4O2/c1-23-21(24-11-13-28-19-9-5-8-17(22)14-19)25-18-10-12-26(15-18)20(27)16-6-3-2-4-7-16/h5,8-9,14,16,18H,2-4,6-7,10-13,15H2,1H3,(H2,23,24,25). The number of ether oxygens (including phenoxy) is 1. The van der Waals surface area contributed by atoms with Crippen molar-refractivity contribution < 1.29 is 9.53 Å². The molecular formula is C21H31ClN4O2. The Morgan fingerprint density at radius 2 is 2.11 bits per heavy atom. The van der Waals surface area contributed by atoms with Gasteiger partial charge in [0, 0.05) is 37.1 Å². The number of guanidine groups is 1. The first-order valence-electron chi connectivity index (χ1n) is 10.3. The maximum Gasteiger partial charge on any atom is 0.225 e. The van der Waals surface area contributed by atoms with Crippen molar-refractivity contribution in [3.05, 3.63) is 29.3 Å². The Balaban J connectivity index is 1.37. The first-order valence-corrected chi connectivity index (χ1v) is 10.7. The summed E-state index contributed by atoms with van der Waals surface area (Å²) in [6.45, 7) is 2.73. The van der Waals surface area contributed by atoms with Gasteiger partial charge in [-0.15, -0.1) is 0 Å². The molecule has 2 aliphatic rings. The minimum absolute atomic E-state index is 0.243. The number of nitrogens with zero attached hydrogens (tertiary/aromatic N) is 2. The maximum atomic E-state index is 12.7. The Labute approximate surface area is 172 Å². The molecule has 0 radical (unpaired) electrons. The number of carbonyl (C=O) groups is 1. The fourth-order valence-electron chi connectivity index (χ4n) is 3.97. The number of nitrogens with one attached hydrogen (secondary N) is 2. The van der Waals surface area contributed by atoms with Crippen LogP contribution in [0.3, 0.4) is 0 Å². The Morgan fingerprint density at radius 3 is 2.86 bits per heavy atom. The minimum Gasteiger partial charge on any atom is -0.492 e. The van der Waals surface area contributed by atoms with E-state index >= 15 is 0 Å². The van der Waals surface area contributed by atoms with Crippen LogP contribution in [0.4, 0.5) is 0 Å². The van der Waals surface area contributed by atoms with E-state index in [1.165, 1.54) is 19.3 Å². The van der Waals surface area contributed by atoms with E-state index in [4.69, 9.17) is 16.3 Å².